The molecular formula is C19H19ClN2O4. The zero-order valence-electron chi connectivity index (χ0n) is 14.5. The molecule has 1 unspecified atom stereocenters. The average Bonchev–Trinajstić information content (AvgIpc) is 2.87. The molecule has 1 heterocycles. The minimum atomic E-state index is -1.11. The molecule has 7 heteroatoms. The van der Waals surface area contributed by atoms with Crippen LogP contribution in [0.4, 0.5) is 4.79 Å². The number of ether oxygens (including phenoxy) is 2. The van der Waals surface area contributed by atoms with E-state index in [-0.39, 0.29) is 19.1 Å². The number of methoxy groups -OCH3 is 1. The van der Waals surface area contributed by atoms with E-state index in [2.05, 4.69) is 5.32 Å². The fourth-order valence-corrected chi connectivity index (χ4v) is 2.93. The molecule has 1 saturated heterocycles. The molecule has 1 aliphatic heterocycles. The molecule has 3 amide bonds. The Labute approximate surface area is 156 Å². The van der Waals surface area contributed by atoms with Gasteiger partial charge in [-0.1, -0.05) is 23.7 Å². The van der Waals surface area contributed by atoms with Gasteiger partial charge in [0.1, 0.15) is 23.6 Å². The molecule has 0 aromatic heterocycles. The first-order valence-electron chi connectivity index (χ1n) is 8.11. The van der Waals surface area contributed by atoms with E-state index in [1.165, 1.54) is 4.90 Å². The molecule has 3 rings (SSSR count). The Balaban J connectivity index is 1.66. The summed E-state index contributed by atoms with van der Waals surface area (Å²) in [6.45, 7) is 2.04. The van der Waals surface area contributed by atoms with Crippen molar-refractivity contribution in [2.45, 2.75) is 12.5 Å². The summed E-state index contributed by atoms with van der Waals surface area (Å²) in [6, 6.07) is 13.5. The van der Waals surface area contributed by atoms with Crippen LogP contribution >= 0.6 is 11.6 Å². The molecule has 0 spiro atoms. The van der Waals surface area contributed by atoms with E-state index in [0.29, 0.717) is 22.1 Å². The highest BCUT2D eigenvalue weighted by Gasteiger charge is 2.48. The van der Waals surface area contributed by atoms with Gasteiger partial charge in [-0.25, -0.2) is 4.79 Å². The van der Waals surface area contributed by atoms with E-state index in [9.17, 15) is 9.59 Å². The van der Waals surface area contributed by atoms with E-state index in [4.69, 9.17) is 21.1 Å². The van der Waals surface area contributed by atoms with Crippen LogP contribution < -0.4 is 14.8 Å². The molecule has 2 aromatic rings. The number of urea groups is 1. The van der Waals surface area contributed by atoms with E-state index in [0.717, 1.165) is 0 Å². The molecule has 0 radical (unpaired) electrons. The van der Waals surface area contributed by atoms with Crippen LogP contribution in [0, 0.1) is 0 Å². The van der Waals surface area contributed by atoms with Gasteiger partial charge in [-0.2, -0.15) is 0 Å². The molecule has 1 aliphatic rings. The van der Waals surface area contributed by atoms with Crippen LogP contribution in [0.5, 0.6) is 11.5 Å². The van der Waals surface area contributed by atoms with Gasteiger partial charge in [0.05, 0.1) is 13.7 Å². The highest BCUT2D eigenvalue weighted by molar-refractivity contribution is 6.30. The van der Waals surface area contributed by atoms with E-state index < -0.39 is 11.6 Å². The predicted octanol–water partition coefficient (Wildman–Crippen LogP) is 3.19. The van der Waals surface area contributed by atoms with Crippen molar-refractivity contribution in [1.82, 2.24) is 10.2 Å². The molecule has 6 nitrogen and oxygen atoms in total. The Hall–Kier alpha value is -2.73. The van der Waals surface area contributed by atoms with Gasteiger partial charge < -0.3 is 14.8 Å². The summed E-state index contributed by atoms with van der Waals surface area (Å²) in [6.07, 6.45) is 0. The maximum absolute atomic E-state index is 12.8. The van der Waals surface area contributed by atoms with Crippen molar-refractivity contribution < 1.29 is 19.1 Å². The third-order valence-electron chi connectivity index (χ3n) is 4.34. The van der Waals surface area contributed by atoms with Crippen LogP contribution in [-0.2, 0) is 10.3 Å². The third-order valence-corrected chi connectivity index (χ3v) is 4.59. The summed E-state index contributed by atoms with van der Waals surface area (Å²) in [5.41, 5.74) is -0.415. The lowest BCUT2D eigenvalue weighted by atomic mass is 9.92. The minimum Gasteiger partial charge on any atom is -0.497 e. The maximum atomic E-state index is 12.8. The van der Waals surface area contributed by atoms with E-state index in [1.807, 2.05) is 0 Å². The highest BCUT2D eigenvalue weighted by atomic mass is 35.5. The van der Waals surface area contributed by atoms with Gasteiger partial charge >= 0.3 is 6.03 Å². The number of hydrogen-bond donors (Lipinski definition) is 1. The Kier molecular flexibility index (Phi) is 5.04. The highest BCUT2D eigenvalue weighted by Crippen LogP contribution is 2.30. The molecule has 0 saturated carbocycles. The lowest BCUT2D eigenvalue weighted by Crippen LogP contribution is -2.41. The van der Waals surface area contributed by atoms with Gasteiger partial charge in [0.2, 0.25) is 0 Å². The van der Waals surface area contributed by atoms with Crippen molar-refractivity contribution in [3.05, 3.63) is 59.1 Å². The summed E-state index contributed by atoms with van der Waals surface area (Å²) in [4.78, 5) is 26.3. The van der Waals surface area contributed by atoms with Gasteiger partial charge in [-0.05, 0) is 48.9 Å². The van der Waals surface area contributed by atoms with Crippen molar-refractivity contribution in [1.29, 1.82) is 0 Å². The van der Waals surface area contributed by atoms with Gasteiger partial charge in [0.15, 0.2) is 0 Å². The molecule has 1 N–H and O–H groups in total. The summed E-state index contributed by atoms with van der Waals surface area (Å²) >= 11 is 5.83. The quantitative estimate of drug-likeness (QED) is 0.788. The smallest absolute Gasteiger partial charge is 0.325 e. The second-order valence-corrected chi connectivity index (χ2v) is 6.48. The molecule has 2 aromatic carbocycles. The number of imide groups is 1. The average molecular weight is 375 g/mol. The predicted molar refractivity (Wildman–Crippen MR) is 97.5 cm³/mol. The molecule has 0 aliphatic carbocycles. The molecule has 0 bridgehead atoms. The Morgan fingerprint density at radius 2 is 1.65 bits per heavy atom. The van der Waals surface area contributed by atoms with Crippen molar-refractivity contribution in [3.8, 4) is 11.5 Å². The molecule has 1 fully saturated rings. The number of halogens is 1. The third kappa shape index (κ3) is 3.46. The largest absolute Gasteiger partial charge is 0.497 e. The first-order chi connectivity index (χ1) is 12.4. The summed E-state index contributed by atoms with van der Waals surface area (Å²) in [5, 5.41) is 3.38. The van der Waals surface area contributed by atoms with E-state index in [1.54, 1.807) is 62.6 Å². The number of hydrogen-bond acceptors (Lipinski definition) is 4. The van der Waals surface area contributed by atoms with Gasteiger partial charge in [0.25, 0.3) is 5.91 Å². The normalized spacial score (nSPS) is 19.4. The topological polar surface area (TPSA) is 67.9 Å². The van der Waals surface area contributed by atoms with Crippen LogP contribution in [-0.4, -0.2) is 37.1 Å². The van der Waals surface area contributed by atoms with Crippen molar-refractivity contribution in [2.75, 3.05) is 20.3 Å². The molecule has 1 atom stereocenters. The molecule has 26 heavy (non-hydrogen) atoms. The van der Waals surface area contributed by atoms with Gasteiger partial charge in [-0.3, -0.25) is 9.69 Å². The monoisotopic (exact) mass is 374 g/mol. The second-order valence-electron chi connectivity index (χ2n) is 6.04. The van der Waals surface area contributed by atoms with Crippen LogP contribution in [0.1, 0.15) is 12.5 Å². The number of nitrogens with one attached hydrogen (secondary N) is 1. The maximum Gasteiger partial charge on any atom is 0.325 e. The van der Waals surface area contributed by atoms with Crippen LogP contribution in [0.15, 0.2) is 48.5 Å². The fourth-order valence-electron chi connectivity index (χ4n) is 2.81. The first-order valence-corrected chi connectivity index (χ1v) is 8.49. The van der Waals surface area contributed by atoms with E-state index >= 15 is 0 Å². The number of carbonyl (C=O) groups is 2. The van der Waals surface area contributed by atoms with Crippen molar-refractivity contribution in [2.24, 2.45) is 0 Å². The number of carbonyl (C=O) groups excluding carboxylic acids is 2. The number of rotatable bonds is 6. The zero-order valence-corrected chi connectivity index (χ0v) is 15.2. The van der Waals surface area contributed by atoms with Crippen LogP contribution in [0.2, 0.25) is 5.02 Å². The summed E-state index contributed by atoms with van der Waals surface area (Å²) in [7, 11) is 1.57. The summed E-state index contributed by atoms with van der Waals surface area (Å²) < 4.78 is 10.7. The first kappa shape index (κ1) is 18.1. The number of nitrogens with zero attached hydrogens (tertiary/aromatic N) is 1. The minimum absolute atomic E-state index is 0.152. The second kappa shape index (κ2) is 7.25. The Morgan fingerprint density at radius 3 is 2.27 bits per heavy atom. The Morgan fingerprint density at radius 1 is 1.04 bits per heavy atom. The molecular weight excluding hydrogens is 356 g/mol. The standard InChI is InChI=1S/C19H19ClN2O4/c1-19(13-3-7-15(25-2)8-4-13)17(23)22(18(24)21-19)11-12-26-16-9-5-14(20)6-10-16/h3-10H,11-12H2,1-2H3,(H,21,24). The molecule has 136 valence electrons. The SMILES string of the molecule is COc1ccc(C2(C)NC(=O)N(CCOc3ccc(Cl)cc3)C2=O)cc1. The van der Waals surface area contributed by atoms with Gasteiger partial charge in [0, 0.05) is 5.02 Å². The number of benzene rings is 2. The van der Waals surface area contributed by atoms with Gasteiger partial charge in [-0.15, -0.1) is 0 Å². The zero-order chi connectivity index (χ0) is 18.7. The lowest BCUT2D eigenvalue weighted by molar-refractivity contribution is -0.131. The van der Waals surface area contributed by atoms with Crippen molar-refractivity contribution >= 4 is 23.5 Å². The van der Waals surface area contributed by atoms with Crippen LogP contribution in [0.25, 0.3) is 0 Å². The fraction of sp³-hybridized carbons (Fsp3) is 0.263. The summed E-state index contributed by atoms with van der Waals surface area (Å²) in [5.74, 6) is 0.995. The van der Waals surface area contributed by atoms with Crippen LogP contribution in [0.3, 0.4) is 0 Å². The Bertz CT molecular complexity index is 807. The van der Waals surface area contributed by atoms with Crippen molar-refractivity contribution in [3.63, 3.8) is 0 Å². The number of amides is 3. The lowest BCUT2D eigenvalue weighted by Gasteiger charge is -2.22.